The van der Waals surface area contributed by atoms with Crippen molar-refractivity contribution in [2.45, 2.75) is 32.5 Å². The summed E-state index contributed by atoms with van der Waals surface area (Å²) in [6, 6.07) is 1.32. The number of fused-ring (bicyclic) bond motifs is 1. The third-order valence-electron chi connectivity index (χ3n) is 4.29. The predicted molar refractivity (Wildman–Crippen MR) is 107 cm³/mol. The van der Waals surface area contributed by atoms with E-state index in [0.29, 0.717) is 0 Å². The summed E-state index contributed by atoms with van der Waals surface area (Å²) in [5.74, 6) is -2.55. The lowest BCUT2D eigenvalue weighted by Crippen LogP contribution is -2.50. The summed E-state index contributed by atoms with van der Waals surface area (Å²) >= 11 is 8.93. The standard InChI is InChI=1S/C18H18BrClF4N4O2/c1-17(2,3)30-16(29)28-6-4-27(5-7-28)14-9-8-10(20)11(19)12(21)13(9)25-15(26-14)18(22,23)24/h8H,4-7H2,1-3H3. The molecule has 0 saturated carbocycles. The molecule has 0 N–H and O–H groups in total. The molecule has 0 bridgehead atoms. The van der Waals surface area contributed by atoms with Gasteiger partial charge in [0, 0.05) is 31.6 Å². The molecule has 1 fully saturated rings. The Morgan fingerprint density at radius 2 is 1.77 bits per heavy atom. The summed E-state index contributed by atoms with van der Waals surface area (Å²) < 4.78 is 59.7. The van der Waals surface area contributed by atoms with Crippen molar-refractivity contribution in [1.82, 2.24) is 14.9 Å². The van der Waals surface area contributed by atoms with Gasteiger partial charge in [0.05, 0.1) is 9.50 Å². The molecule has 164 valence electrons. The van der Waals surface area contributed by atoms with Crippen molar-refractivity contribution in [2.24, 2.45) is 0 Å². The van der Waals surface area contributed by atoms with Crippen LogP contribution in [0.2, 0.25) is 5.02 Å². The van der Waals surface area contributed by atoms with Gasteiger partial charge in [-0.05, 0) is 42.8 Å². The summed E-state index contributed by atoms with van der Waals surface area (Å²) in [5.41, 5.74) is -1.15. The third-order valence-corrected chi connectivity index (χ3v) is 5.59. The Kier molecular flexibility index (Phi) is 6.07. The topological polar surface area (TPSA) is 58.6 Å². The Morgan fingerprint density at radius 1 is 1.17 bits per heavy atom. The van der Waals surface area contributed by atoms with Crippen LogP contribution in [0.4, 0.5) is 28.2 Å². The predicted octanol–water partition coefficient (Wildman–Crippen LogP) is 5.26. The van der Waals surface area contributed by atoms with Crippen LogP contribution in [0.15, 0.2) is 10.5 Å². The average Bonchev–Trinajstić information content (AvgIpc) is 2.63. The molecule has 2 heterocycles. The minimum absolute atomic E-state index is 0.0167. The molecular weight excluding hydrogens is 496 g/mol. The van der Waals surface area contributed by atoms with Crippen molar-refractivity contribution in [1.29, 1.82) is 0 Å². The first-order chi connectivity index (χ1) is 13.8. The van der Waals surface area contributed by atoms with Crippen LogP contribution in [0.1, 0.15) is 26.6 Å². The van der Waals surface area contributed by atoms with Crippen molar-refractivity contribution in [3.05, 3.63) is 27.2 Å². The van der Waals surface area contributed by atoms with E-state index >= 15 is 0 Å². The zero-order valence-electron chi connectivity index (χ0n) is 16.3. The van der Waals surface area contributed by atoms with E-state index in [4.69, 9.17) is 16.3 Å². The molecule has 2 aromatic rings. The Morgan fingerprint density at radius 3 is 2.30 bits per heavy atom. The number of ether oxygens (including phenoxy) is 1. The Bertz CT molecular complexity index is 989. The van der Waals surface area contributed by atoms with Gasteiger partial charge in [-0.2, -0.15) is 13.2 Å². The van der Waals surface area contributed by atoms with Crippen LogP contribution in [0.5, 0.6) is 0 Å². The smallest absolute Gasteiger partial charge is 0.444 e. The summed E-state index contributed by atoms with van der Waals surface area (Å²) in [7, 11) is 0. The maximum Gasteiger partial charge on any atom is 0.451 e. The van der Waals surface area contributed by atoms with Crippen molar-refractivity contribution >= 4 is 50.3 Å². The maximum atomic E-state index is 14.6. The molecule has 0 spiro atoms. The molecule has 0 atom stereocenters. The number of alkyl halides is 3. The number of rotatable bonds is 1. The molecule has 0 aliphatic carbocycles. The van der Waals surface area contributed by atoms with Crippen LogP contribution in [-0.2, 0) is 10.9 Å². The minimum Gasteiger partial charge on any atom is -0.444 e. The molecule has 0 unspecified atom stereocenters. The normalized spacial score (nSPS) is 15.6. The van der Waals surface area contributed by atoms with E-state index in [9.17, 15) is 22.4 Å². The van der Waals surface area contributed by atoms with Gasteiger partial charge in [0.1, 0.15) is 16.9 Å². The highest BCUT2D eigenvalue weighted by molar-refractivity contribution is 9.10. The highest BCUT2D eigenvalue weighted by Crippen LogP contribution is 2.38. The van der Waals surface area contributed by atoms with E-state index in [0.717, 1.165) is 0 Å². The van der Waals surface area contributed by atoms with Crippen molar-refractivity contribution in [2.75, 3.05) is 31.1 Å². The van der Waals surface area contributed by atoms with Crippen molar-refractivity contribution in [3.63, 3.8) is 0 Å². The third kappa shape index (κ3) is 4.72. The van der Waals surface area contributed by atoms with E-state index in [-0.39, 0.29) is 46.9 Å². The molecule has 1 aromatic carbocycles. The number of aromatic nitrogens is 2. The number of nitrogens with zero attached hydrogens (tertiary/aromatic N) is 4. The second-order valence-corrected chi connectivity index (χ2v) is 8.91. The van der Waals surface area contributed by atoms with Crippen LogP contribution in [0, 0.1) is 5.82 Å². The van der Waals surface area contributed by atoms with Gasteiger partial charge in [0.15, 0.2) is 5.82 Å². The molecule has 1 aliphatic rings. The maximum absolute atomic E-state index is 14.6. The fourth-order valence-corrected chi connectivity index (χ4v) is 3.45. The number of piperazine rings is 1. The van der Waals surface area contributed by atoms with Gasteiger partial charge in [0.2, 0.25) is 5.82 Å². The molecule has 3 rings (SSSR count). The lowest BCUT2D eigenvalue weighted by atomic mass is 10.2. The zero-order valence-corrected chi connectivity index (χ0v) is 18.6. The molecule has 30 heavy (non-hydrogen) atoms. The number of amides is 1. The number of hydrogen-bond donors (Lipinski definition) is 0. The van der Waals surface area contributed by atoms with Crippen molar-refractivity contribution < 1.29 is 27.1 Å². The number of anilines is 1. The van der Waals surface area contributed by atoms with Gasteiger partial charge >= 0.3 is 12.3 Å². The van der Waals surface area contributed by atoms with E-state index in [2.05, 4.69) is 25.9 Å². The van der Waals surface area contributed by atoms with E-state index < -0.39 is 35.0 Å². The summed E-state index contributed by atoms with van der Waals surface area (Å²) in [4.78, 5) is 22.3. The largest absolute Gasteiger partial charge is 0.451 e. The Hall–Kier alpha value is -1.88. The quantitative estimate of drug-likeness (QED) is 0.385. The number of halogens is 6. The van der Waals surface area contributed by atoms with Crippen LogP contribution in [0.3, 0.4) is 0 Å². The highest BCUT2D eigenvalue weighted by atomic mass is 79.9. The second-order valence-electron chi connectivity index (χ2n) is 7.71. The van der Waals surface area contributed by atoms with Gasteiger partial charge in [-0.1, -0.05) is 11.6 Å². The van der Waals surface area contributed by atoms with E-state index in [1.165, 1.54) is 11.0 Å². The van der Waals surface area contributed by atoms with E-state index in [1.807, 2.05) is 0 Å². The molecule has 1 aromatic heterocycles. The van der Waals surface area contributed by atoms with Gasteiger partial charge < -0.3 is 14.5 Å². The summed E-state index contributed by atoms with van der Waals surface area (Å²) in [6.07, 6.45) is -5.37. The van der Waals surface area contributed by atoms with Gasteiger partial charge in [0.25, 0.3) is 0 Å². The molecule has 0 radical (unpaired) electrons. The van der Waals surface area contributed by atoms with Crippen molar-refractivity contribution in [3.8, 4) is 0 Å². The van der Waals surface area contributed by atoms with Gasteiger partial charge in [-0.3, -0.25) is 0 Å². The summed E-state index contributed by atoms with van der Waals surface area (Å²) in [6.45, 7) is 5.98. The first-order valence-electron chi connectivity index (χ1n) is 8.93. The van der Waals surface area contributed by atoms with Gasteiger partial charge in [-0.25, -0.2) is 19.2 Å². The fraction of sp³-hybridized carbons (Fsp3) is 0.500. The lowest BCUT2D eigenvalue weighted by Gasteiger charge is -2.36. The molecule has 1 amide bonds. The van der Waals surface area contributed by atoms with Crippen LogP contribution in [-0.4, -0.2) is 52.7 Å². The molecule has 6 nitrogen and oxygen atoms in total. The van der Waals surface area contributed by atoms with E-state index in [1.54, 1.807) is 25.7 Å². The molecule has 1 saturated heterocycles. The van der Waals surface area contributed by atoms with Crippen LogP contribution >= 0.6 is 27.5 Å². The molecule has 1 aliphatic heterocycles. The second kappa shape index (κ2) is 7.99. The number of benzene rings is 1. The monoisotopic (exact) mass is 512 g/mol. The van der Waals surface area contributed by atoms with Crippen LogP contribution in [0.25, 0.3) is 10.9 Å². The molecular formula is C18H18BrClF4N4O2. The fourth-order valence-electron chi connectivity index (χ4n) is 2.95. The Balaban J connectivity index is 1.97. The average molecular weight is 514 g/mol. The van der Waals surface area contributed by atoms with Gasteiger partial charge in [-0.15, -0.1) is 0 Å². The number of carbonyl (C=O) groups is 1. The first-order valence-corrected chi connectivity index (χ1v) is 10.1. The minimum atomic E-state index is -4.86. The number of carbonyl (C=O) groups excluding carboxylic acids is 1. The molecule has 12 heteroatoms. The number of hydrogen-bond acceptors (Lipinski definition) is 5. The Labute approximate surface area is 183 Å². The SMILES string of the molecule is CC(C)(C)OC(=O)N1CCN(c2nc(C(F)(F)F)nc3c(F)c(Br)c(Cl)cc23)CC1. The lowest BCUT2D eigenvalue weighted by molar-refractivity contribution is -0.144. The summed E-state index contributed by atoms with van der Waals surface area (Å²) in [5, 5.41) is 0.0383. The highest BCUT2D eigenvalue weighted by Gasteiger charge is 2.37. The van der Waals surface area contributed by atoms with Crippen LogP contribution < -0.4 is 4.90 Å². The zero-order chi connectivity index (χ0) is 22.4. The first kappa shape index (κ1) is 22.8.